The number of carbonyl (C=O) groups excluding carboxylic acids is 1. The Morgan fingerprint density at radius 2 is 1.65 bits per heavy atom. The molecule has 1 N–H and O–H groups in total. The number of piperazine rings is 1. The summed E-state index contributed by atoms with van der Waals surface area (Å²) in [6.07, 6.45) is 0. The van der Waals surface area contributed by atoms with Gasteiger partial charge in [-0.1, -0.05) is 12.1 Å². The highest BCUT2D eigenvalue weighted by molar-refractivity contribution is 5.90. The van der Waals surface area contributed by atoms with Gasteiger partial charge in [0, 0.05) is 37.4 Å². The molecule has 2 amide bonds. The first-order valence-corrected chi connectivity index (χ1v) is 12.2. The molecule has 3 heterocycles. The fourth-order valence-corrected chi connectivity index (χ4v) is 4.54. The highest BCUT2D eigenvalue weighted by Crippen LogP contribution is 2.33. The van der Waals surface area contributed by atoms with Gasteiger partial charge in [-0.3, -0.25) is 0 Å². The summed E-state index contributed by atoms with van der Waals surface area (Å²) in [5.74, 6) is 2.77. The number of anilines is 2. The van der Waals surface area contributed by atoms with E-state index in [1.807, 2.05) is 73.3 Å². The normalized spacial score (nSPS) is 13.5. The first-order chi connectivity index (χ1) is 17.9. The number of pyridine rings is 1. The molecule has 0 saturated carbocycles. The number of ether oxygens (including phenoxy) is 2. The second kappa shape index (κ2) is 10.3. The van der Waals surface area contributed by atoms with Crippen molar-refractivity contribution in [3.05, 3.63) is 66.0 Å². The Morgan fingerprint density at radius 3 is 2.38 bits per heavy atom. The van der Waals surface area contributed by atoms with Crippen LogP contribution >= 0.6 is 0 Å². The second-order valence-electron chi connectivity index (χ2n) is 9.00. The lowest BCUT2D eigenvalue weighted by Gasteiger charge is -2.35. The molecule has 0 aliphatic carbocycles. The predicted molar refractivity (Wildman–Crippen MR) is 145 cm³/mol. The van der Waals surface area contributed by atoms with Gasteiger partial charge in [0.25, 0.3) is 0 Å². The lowest BCUT2D eigenvalue weighted by Crippen LogP contribution is -2.50. The summed E-state index contributed by atoms with van der Waals surface area (Å²) in [4.78, 5) is 31.2. The van der Waals surface area contributed by atoms with E-state index in [2.05, 4.69) is 15.2 Å². The Morgan fingerprint density at radius 1 is 0.865 bits per heavy atom. The van der Waals surface area contributed by atoms with Crippen LogP contribution in [0, 0.1) is 13.8 Å². The molecule has 9 heteroatoms. The SMILES string of the molecule is COc1ccc(-c2ccc3nc(C)nc(N4CCN(C(=O)Nc5cccc(C)c5)CC4)c3n2)cc1OC. The highest BCUT2D eigenvalue weighted by Gasteiger charge is 2.24. The molecule has 2 aromatic carbocycles. The number of amides is 2. The van der Waals surface area contributed by atoms with E-state index in [1.54, 1.807) is 14.2 Å². The van der Waals surface area contributed by atoms with Gasteiger partial charge in [-0.2, -0.15) is 0 Å². The second-order valence-corrected chi connectivity index (χ2v) is 9.00. The van der Waals surface area contributed by atoms with E-state index in [1.165, 1.54) is 0 Å². The predicted octanol–water partition coefficient (Wildman–Crippen LogP) is 4.68. The smallest absolute Gasteiger partial charge is 0.321 e. The van der Waals surface area contributed by atoms with E-state index < -0.39 is 0 Å². The summed E-state index contributed by atoms with van der Waals surface area (Å²) in [7, 11) is 3.23. The van der Waals surface area contributed by atoms with E-state index >= 15 is 0 Å². The average molecular weight is 499 g/mol. The summed E-state index contributed by atoms with van der Waals surface area (Å²) in [6.45, 7) is 6.35. The monoisotopic (exact) mass is 498 g/mol. The summed E-state index contributed by atoms with van der Waals surface area (Å²) in [5, 5.41) is 3.00. The Balaban J connectivity index is 1.38. The van der Waals surface area contributed by atoms with Gasteiger partial charge in [0.15, 0.2) is 17.3 Å². The minimum absolute atomic E-state index is 0.0946. The first-order valence-electron chi connectivity index (χ1n) is 12.2. The lowest BCUT2D eigenvalue weighted by molar-refractivity contribution is 0.208. The zero-order valence-electron chi connectivity index (χ0n) is 21.5. The molecule has 2 aromatic heterocycles. The number of urea groups is 1. The van der Waals surface area contributed by atoms with Crippen molar-refractivity contribution in [3.8, 4) is 22.8 Å². The van der Waals surface area contributed by atoms with Crippen molar-refractivity contribution < 1.29 is 14.3 Å². The molecule has 0 radical (unpaired) electrons. The van der Waals surface area contributed by atoms with E-state index in [-0.39, 0.29) is 6.03 Å². The number of carbonyl (C=O) groups is 1. The van der Waals surface area contributed by atoms with Crippen LogP contribution in [-0.2, 0) is 0 Å². The molecule has 1 fully saturated rings. The molecule has 190 valence electrons. The van der Waals surface area contributed by atoms with Crippen LogP contribution in [0.15, 0.2) is 54.6 Å². The average Bonchev–Trinajstić information content (AvgIpc) is 2.92. The van der Waals surface area contributed by atoms with Crippen LogP contribution in [0.25, 0.3) is 22.3 Å². The summed E-state index contributed by atoms with van der Waals surface area (Å²) in [5.41, 5.74) is 5.12. The molecule has 1 aliphatic heterocycles. The molecule has 0 bridgehead atoms. The van der Waals surface area contributed by atoms with Gasteiger partial charge in [0.2, 0.25) is 0 Å². The lowest BCUT2D eigenvalue weighted by atomic mass is 10.1. The van der Waals surface area contributed by atoms with Crippen molar-refractivity contribution >= 4 is 28.6 Å². The van der Waals surface area contributed by atoms with Crippen LogP contribution in [0.5, 0.6) is 11.5 Å². The number of rotatable bonds is 5. The first kappa shape index (κ1) is 24.3. The molecule has 37 heavy (non-hydrogen) atoms. The number of benzene rings is 2. The number of hydrogen-bond acceptors (Lipinski definition) is 7. The van der Waals surface area contributed by atoms with Crippen molar-refractivity contribution in [2.24, 2.45) is 0 Å². The molecule has 0 spiro atoms. The largest absolute Gasteiger partial charge is 0.493 e. The molecule has 1 saturated heterocycles. The third-order valence-electron chi connectivity index (χ3n) is 6.45. The molecule has 5 rings (SSSR count). The van der Waals surface area contributed by atoms with Gasteiger partial charge in [-0.05, 0) is 61.9 Å². The third kappa shape index (κ3) is 5.11. The fraction of sp³-hybridized carbons (Fsp3) is 0.286. The fourth-order valence-electron chi connectivity index (χ4n) is 4.54. The van der Waals surface area contributed by atoms with E-state index in [0.717, 1.165) is 39.4 Å². The quantitative estimate of drug-likeness (QED) is 0.427. The molecular formula is C28H30N6O3. The Kier molecular flexibility index (Phi) is 6.76. The molecule has 0 unspecified atom stereocenters. The molecule has 1 aliphatic rings. The van der Waals surface area contributed by atoms with Crippen molar-refractivity contribution in [1.29, 1.82) is 0 Å². The topological polar surface area (TPSA) is 92.7 Å². The highest BCUT2D eigenvalue weighted by atomic mass is 16.5. The van der Waals surface area contributed by atoms with Crippen molar-refractivity contribution in [1.82, 2.24) is 19.9 Å². The van der Waals surface area contributed by atoms with E-state index in [9.17, 15) is 4.79 Å². The van der Waals surface area contributed by atoms with Gasteiger partial charge < -0.3 is 24.6 Å². The van der Waals surface area contributed by atoms with E-state index in [4.69, 9.17) is 19.4 Å². The maximum absolute atomic E-state index is 12.8. The van der Waals surface area contributed by atoms with Gasteiger partial charge in [0.05, 0.1) is 25.4 Å². The van der Waals surface area contributed by atoms with Crippen LogP contribution in [-0.4, -0.2) is 66.3 Å². The minimum atomic E-state index is -0.0946. The number of hydrogen-bond donors (Lipinski definition) is 1. The summed E-state index contributed by atoms with van der Waals surface area (Å²) in [6, 6.07) is 17.4. The number of aryl methyl sites for hydroxylation is 2. The number of nitrogens with zero attached hydrogens (tertiary/aromatic N) is 5. The number of fused-ring (bicyclic) bond motifs is 1. The van der Waals surface area contributed by atoms with Gasteiger partial charge in [-0.25, -0.2) is 19.7 Å². The summed E-state index contributed by atoms with van der Waals surface area (Å²) >= 11 is 0. The molecule has 0 atom stereocenters. The Labute approximate surface area is 216 Å². The van der Waals surface area contributed by atoms with Crippen molar-refractivity contribution in [3.63, 3.8) is 0 Å². The minimum Gasteiger partial charge on any atom is -0.493 e. The molecule has 4 aromatic rings. The van der Waals surface area contributed by atoms with Crippen molar-refractivity contribution in [2.45, 2.75) is 13.8 Å². The van der Waals surface area contributed by atoms with Gasteiger partial charge in [0.1, 0.15) is 11.3 Å². The van der Waals surface area contributed by atoms with Crippen LogP contribution < -0.4 is 19.7 Å². The molecule has 9 nitrogen and oxygen atoms in total. The van der Waals surface area contributed by atoms with Crippen LogP contribution in [0.1, 0.15) is 11.4 Å². The third-order valence-corrected chi connectivity index (χ3v) is 6.45. The Hall–Kier alpha value is -4.40. The number of methoxy groups -OCH3 is 2. The molecular weight excluding hydrogens is 468 g/mol. The maximum atomic E-state index is 12.8. The zero-order valence-corrected chi connectivity index (χ0v) is 21.5. The Bertz CT molecular complexity index is 1450. The van der Waals surface area contributed by atoms with Crippen molar-refractivity contribution in [2.75, 3.05) is 50.6 Å². The summed E-state index contributed by atoms with van der Waals surface area (Å²) < 4.78 is 10.8. The maximum Gasteiger partial charge on any atom is 0.321 e. The standard InChI is InChI=1S/C28H30N6O3/c1-18-6-5-7-21(16-18)31-28(35)34-14-12-33(13-15-34)27-26-23(29-19(2)30-27)10-9-22(32-26)20-8-11-24(36-3)25(17-20)37-4/h5-11,16-17H,12-15H2,1-4H3,(H,31,35). The number of aromatic nitrogens is 3. The van der Waals surface area contributed by atoms with Gasteiger partial charge in [-0.15, -0.1) is 0 Å². The van der Waals surface area contributed by atoms with Crippen LogP contribution in [0.3, 0.4) is 0 Å². The van der Waals surface area contributed by atoms with Gasteiger partial charge >= 0.3 is 6.03 Å². The number of nitrogens with one attached hydrogen (secondary N) is 1. The zero-order chi connectivity index (χ0) is 25.9. The van der Waals surface area contributed by atoms with Crippen LogP contribution in [0.2, 0.25) is 0 Å². The van der Waals surface area contributed by atoms with Crippen LogP contribution in [0.4, 0.5) is 16.3 Å². The van der Waals surface area contributed by atoms with E-state index in [0.29, 0.717) is 43.5 Å².